The van der Waals surface area contributed by atoms with Gasteiger partial charge < -0.3 is 15.0 Å². The lowest BCUT2D eigenvalue weighted by Crippen LogP contribution is -2.55. The molecule has 0 bridgehead atoms. The standard InChI is InChI=1S/C11H11ClN2O2/c12-7-1-2-9-8(5-7)11(15)14-3-4-16-6-10(14)13-9/h1-2,5,10,13H,3-4,6H2. The quantitative estimate of drug-likeness (QED) is 0.746. The number of morpholine rings is 1. The van der Waals surface area contributed by atoms with E-state index in [1.54, 1.807) is 17.0 Å². The summed E-state index contributed by atoms with van der Waals surface area (Å²) in [6.07, 6.45) is -0.0464. The normalized spacial score (nSPS) is 23.4. The number of benzene rings is 1. The van der Waals surface area contributed by atoms with Crippen LogP contribution in [0.1, 0.15) is 10.4 Å². The minimum atomic E-state index is -0.0464. The molecule has 1 N–H and O–H groups in total. The van der Waals surface area contributed by atoms with Gasteiger partial charge in [0.15, 0.2) is 0 Å². The summed E-state index contributed by atoms with van der Waals surface area (Å²) < 4.78 is 5.34. The van der Waals surface area contributed by atoms with Crippen molar-refractivity contribution in [3.8, 4) is 0 Å². The third-order valence-corrected chi connectivity index (χ3v) is 3.16. The maximum Gasteiger partial charge on any atom is 0.257 e. The molecule has 1 atom stereocenters. The van der Waals surface area contributed by atoms with Crippen LogP contribution in [0, 0.1) is 0 Å². The van der Waals surface area contributed by atoms with Gasteiger partial charge in [0, 0.05) is 17.3 Å². The summed E-state index contributed by atoms with van der Waals surface area (Å²) in [7, 11) is 0. The molecule has 1 amide bonds. The van der Waals surface area contributed by atoms with Crippen molar-refractivity contribution in [2.45, 2.75) is 6.17 Å². The summed E-state index contributed by atoms with van der Waals surface area (Å²) in [6.45, 7) is 1.76. The minimum absolute atomic E-state index is 0.0320. The van der Waals surface area contributed by atoms with Crippen molar-refractivity contribution in [2.75, 3.05) is 25.1 Å². The lowest BCUT2D eigenvalue weighted by molar-refractivity contribution is 0.00407. The maximum atomic E-state index is 12.2. The fraction of sp³-hybridized carbons (Fsp3) is 0.364. The number of fused-ring (bicyclic) bond motifs is 2. The number of anilines is 1. The van der Waals surface area contributed by atoms with E-state index in [1.165, 1.54) is 0 Å². The fourth-order valence-corrected chi connectivity index (χ4v) is 2.29. The molecule has 2 aliphatic rings. The summed E-state index contributed by atoms with van der Waals surface area (Å²) in [5, 5.41) is 3.86. The van der Waals surface area contributed by atoms with Gasteiger partial charge in [0.05, 0.1) is 18.8 Å². The van der Waals surface area contributed by atoms with E-state index in [4.69, 9.17) is 16.3 Å². The molecule has 0 aliphatic carbocycles. The lowest BCUT2D eigenvalue weighted by Gasteiger charge is -2.40. The van der Waals surface area contributed by atoms with Gasteiger partial charge in [0.2, 0.25) is 0 Å². The van der Waals surface area contributed by atoms with E-state index in [1.807, 2.05) is 6.07 Å². The van der Waals surface area contributed by atoms with Crippen LogP contribution in [0.5, 0.6) is 0 Å². The average Bonchev–Trinajstić information content (AvgIpc) is 2.31. The summed E-state index contributed by atoms with van der Waals surface area (Å²) in [5.74, 6) is 0.0320. The van der Waals surface area contributed by atoms with Gasteiger partial charge in [0.25, 0.3) is 5.91 Å². The minimum Gasteiger partial charge on any atom is -0.376 e. The van der Waals surface area contributed by atoms with Gasteiger partial charge >= 0.3 is 0 Å². The Hall–Kier alpha value is -1.26. The highest BCUT2D eigenvalue weighted by atomic mass is 35.5. The average molecular weight is 239 g/mol. The third kappa shape index (κ3) is 1.45. The molecule has 1 aromatic carbocycles. The highest BCUT2D eigenvalue weighted by Gasteiger charge is 2.33. The third-order valence-electron chi connectivity index (χ3n) is 2.92. The van der Waals surface area contributed by atoms with Gasteiger partial charge in [-0.1, -0.05) is 11.6 Å². The molecule has 1 fully saturated rings. The van der Waals surface area contributed by atoms with E-state index in [0.29, 0.717) is 30.3 Å². The van der Waals surface area contributed by atoms with Crippen LogP contribution in [0.15, 0.2) is 18.2 Å². The number of carbonyl (C=O) groups is 1. The Kier molecular flexibility index (Phi) is 2.26. The molecule has 2 aliphatic heterocycles. The largest absolute Gasteiger partial charge is 0.376 e. The number of nitrogens with one attached hydrogen (secondary N) is 1. The van der Waals surface area contributed by atoms with E-state index >= 15 is 0 Å². The number of rotatable bonds is 0. The Morgan fingerprint density at radius 3 is 3.25 bits per heavy atom. The lowest BCUT2D eigenvalue weighted by atomic mass is 10.1. The van der Waals surface area contributed by atoms with Gasteiger partial charge in [0.1, 0.15) is 6.17 Å². The number of ether oxygens (including phenoxy) is 1. The van der Waals surface area contributed by atoms with Crippen LogP contribution < -0.4 is 5.32 Å². The van der Waals surface area contributed by atoms with E-state index in [0.717, 1.165) is 5.69 Å². The van der Waals surface area contributed by atoms with Crippen LogP contribution in [-0.4, -0.2) is 36.7 Å². The predicted molar refractivity (Wildman–Crippen MR) is 60.7 cm³/mol. The molecule has 0 spiro atoms. The number of halogens is 1. The van der Waals surface area contributed by atoms with Crippen molar-refractivity contribution in [3.05, 3.63) is 28.8 Å². The number of nitrogens with zero attached hydrogens (tertiary/aromatic N) is 1. The van der Waals surface area contributed by atoms with Crippen LogP contribution in [0.3, 0.4) is 0 Å². The Labute approximate surface area is 98.1 Å². The van der Waals surface area contributed by atoms with Crippen molar-refractivity contribution >= 4 is 23.2 Å². The molecule has 2 heterocycles. The first-order valence-corrected chi connectivity index (χ1v) is 5.58. The van der Waals surface area contributed by atoms with E-state index in [2.05, 4.69) is 5.32 Å². The Morgan fingerprint density at radius 2 is 2.38 bits per heavy atom. The molecule has 0 radical (unpaired) electrons. The molecule has 5 heteroatoms. The Bertz CT molecular complexity index is 450. The number of carbonyl (C=O) groups excluding carboxylic acids is 1. The number of hydrogen-bond acceptors (Lipinski definition) is 3. The molecule has 1 aromatic rings. The van der Waals surface area contributed by atoms with Gasteiger partial charge in [-0.2, -0.15) is 0 Å². The summed E-state index contributed by atoms with van der Waals surface area (Å²) in [6, 6.07) is 5.32. The van der Waals surface area contributed by atoms with Crippen LogP contribution in [0.4, 0.5) is 5.69 Å². The first-order chi connectivity index (χ1) is 7.75. The van der Waals surface area contributed by atoms with Crippen LogP contribution in [0.2, 0.25) is 5.02 Å². The molecule has 3 rings (SSSR count). The Balaban J connectivity index is 2.03. The smallest absolute Gasteiger partial charge is 0.257 e. The summed E-state index contributed by atoms with van der Waals surface area (Å²) in [5.41, 5.74) is 1.48. The number of hydrogen-bond donors (Lipinski definition) is 1. The summed E-state index contributed by atoms with van der Waals surface area (Å²) in [4.78, 5) is 14.0. The molecule has 0 aromatic heterocycles. The zero-order valence-electron chi connectivity index (χ0n) is 8.57. The highest BCUT2D eigenvalue weighted by Crippen LogP contribution is 2.28. The van der Waals surface area contributed by atoms with E-state index in [-0.39, 0.29) is 12.1 Å². The summed E-state index contributed by atoms with van der Waals surface area (Å²) >= 11 is 5.89. The predicted octanol–water partition coefficient (Wildman–Crippen LogP) is 1.56. The monoisotopic (exact) mass is 238 g/mol. The molecule has 0 saturated carbocycles. The molecular formula is C11H11ClN2O2. The van der Waals surface area contributed by atoms with Crippen molar-refractivity contribution < 1.29 is 9.53 Å². The zero-order valence-corrected chi connectivity index (χ0v) is 9.33. The fourth-order valence-electron chi connectivity index (χ4n) is 2.12. The Morgan fingerprint density at radius 1 is 1.50 bits per heavy atom. The molecule has 1 unspecified atom stereocenters. The van der Waals surface area contributed by atoms with Crippen molar-refractivity contribution in [2.24, 2.45) is 0 Å². The molecule has 4 nitrogen and oxygen atoms in total. The second-order valence-corrected chi connectivity index (χ2v) is 4.36. The van der Waals surface area contributed by atoms with Crippen molar-refractivity contribution in [1.29, 1.82) is 0 Å². The number of amides is 1. The van der Waals surface area contributed by atoms with Gasteiger partial charge in [-0.15, -0.1) is 0 Å². The van der Waals surface area contributed by atoms with E-state index < -0.39 is 0 Å². The van der Waals surface area contributed by atoms with Crippen LogP contribution in [-0.2, 0) is 4.74 Å². The van der Waals surface area contributed by atoms with Crippen molar-refractivity contribution in [3.63, 3.8) is 0 Å². The van der Waals surface area contributed by atoms with E-state index in [9.17, 15) is 4.79 Å². The first kappa shape index (κ1) is 9.93. The topological polar surface area (TPSA) is 41.6 Å². The second kappa shape index (κ2) is 3.64. The maximum absolute atomic E-state index is 12.2. The van der Waals surface area contributed by atoms with Gasteiger partial charge in [-0.25, -0.2) is 0 Å². The SMILES string of the molecule is O=C1c2cc(Cl)ccc2NC2COCCN12. The molecule has 1 saturated heterocycles. The second-order valence-electron chi connectivity index (χ2n) is 3.92. The zero-order chi connectivity index (χ0) is 11.1. The first-order valence-electron chi connectivity index (χ1n) is 5.20. The van der Waals surface area contributed by atoms with Gasteiger partial charge in [-0.3, -0.25) is 4.79 Å². The highest BCUT2D eigenvalue weighted by molar-refractivity contribution is 6.31. The molecular weight excluding hydrogens is 228 g/mol. The molecule has 16 heavy (non-hydrogen) atoms. The molecule has 84 valence electrons. The van der Waals surface area contributed by atoms with Crippen LogP contribution in [0.25, 0.3) is 0 Å². The van der Waals surface area contributed by atoms with Gasteiger partial charge in [-0.05, 0) is 18.2 Å². The van der Waals surface area contributed by atoms with Crippen LogP contribution >= 0.6 is 11.6 Å². The van der Waals surface area contributed by atoms with Crippen molar-refractivity contribution in [1.82, 2.24) is 4.90 Å².